The number of furan rings is 1. The summed E-state index contributed by atoms with van der Waals surface area (Å²) in [6.07, 6.45) is 0. The van der Waals surface area contributed by atoms with Crippen LogP contribution < -0.4 is 10.1 Å². The molecule has 108 valence electrons. The Morgan fingerprint density at radius 3 is 2.76 bits per heavy atom. The lowest BCUT2D eigenvalue weighted by atomic mass is 10.1. The van der Waals surface area contributed by atoms with Crippen LogP contribution in [0.5, 0.6) is 5.75 Å². The van der Waals surface area contributed by atoms with E-state index in [0.29, 0.717) is 6.61 Å². The summed E-state index contributed by atoms with van der Waals surface area (Å²) in [5, 5.41) is 5.44. The molecule has 0 bridgehead atoms. The Kier molecular flexibility index (Phi) is 3.93. The molecule has 2 aromatic carbocycles. The quantitative estimate of drug-likeness (QED) is 0.766. The van der Waals surface area contributed by atoms with E-state index in [9.17, 15) is 0 Å². The molecule has 0 radical (unpaired) electrons. The number of rotatable bonds is 5. The van der Waals surface area contributed by atoms with Crippen molar-refractivity contribution in [2.45, 2.75) is 20.1 Å². The highest BCUT2D eigenvalue weighted by Gasteiger charge is 2.08. The Morgan fingerprint density at radius 2 is 1.90 bits per heavy atom. The van der Waals surface area contributed by atoms with Gasteiger partial charge >= 0.3 is 0 Å². The first-order valence-electron chi connectivity index (χ1n) is 7.11. The lowest BCUT2D eigenvalue weighted by Crippen LogP contribution is -2.04. The van der Waals surface area contributed by atoms with E-state index in [-0.39, 0.29) is 0 Å². The molecule has 1 aromatic heterocycles. The molecule has 0 aliphatic rings. The zero-order valence-electron chi connectivity index (χ0n) is 12.3. The second-order valence-corrected chi connectivity index (χ2v) is 5.09. The SMILES string of the molecule is CNCc1cc(COc2cccc3ccccc23)oc1C. The summed E-state index contributed by atoms with van der Waals surface area (Å²) >= 11 is 0. The molecule has 0 fully saturated rings. The van der Waals surface area contributed by atoms with E-state index < -0.39 is 0 Å². The third kappa shape index (κ3) is 2.93. The van der Waals surface area contributed by atoms with Gasteiger partial charge in [-0.3, -0.25) is 0 Å². The Labute approximate surface area is 124 Å². The van der Waals surface area contributed by atoms with Gasteiger partial charge in [-0.05, 0) is 31.5 Å². The van der Waals surface area contributed by atoms with E-state index in [1.807, 2.05) is 38.2 Å². The number of hydrogen-bond donors (Lipinski definition) is 1. The van der Waals surface area contributed by atoms with Crippen LogP contribution in [0.2, 0.25) is 0 Å². The summed E-state index contributed by atoms with van der Waals surface area (Å²) in [6.45, 7) is 3.23. The summed E-state index contributed by atoms with van der Waals surface area (Å²) in [7, 11) is 1.93. The van der Waals surface area contributed by atoms with Gasteiger partial charge in [0.15, 0.2) is 0 Å². The van der Waals surface area contributed by atoms with Crippen LogP contribution in [0.15, 0.2) is 52.9 Å². The topological polar surface area (TPSA) is 34.4 Å². The smallest absolute Gasteiger partial charge is 0.146 e. The van der Waals surface area contributed by atoms with Crippen LogP contribution >= 0.6 is 0 Å². The summed E-state index contributed by atoms with van der Waals surface area (Å²) in [5.41, 5.74) is 1.18. The molecule has 0 atom stereocenters. The van der Waals surface area contributed by atoms with Crippen LogP contribution in [0, 0.1) is 6.92 Å². The second kappa shape index (κ2) is 6.02. The van der Waals surface area contributed by atoms with Gasteiger partial charge in [-0.15, -0.1) is 0 Å². The fourth-order valence-electron chi connectivity index (χ4n) is 2.50. The first-order valence-corrected chi connectivity index (χ1v) is 7.11. The summed E-state index contributed by atoms with van der Waals surface area (Å²) in [5.74, 6) is 2.68. The third-order valence-electron chi connectivity index (χ3n) is 3.56. The highest BCUT2D eigenvalue weighted by Crippen LogP contribution is 2.26. The van der Waals surface area contributed by atoms with Gasteiger partial charge in [0.25, 0.3) is 0 Å². The Bertz CT molecular complexity index is 741. The van der Waals surface area contributed by atoms with Gasteiger partial charge in [-0.25, -0.2) is 0 Å². The molecule has 1 N–H and O–H groups in total. The minimum atomic E-state index is 0.443. The normalized spacial score (nSPS) is 11.0. The lowest BCUT2D eigenvalue weighted by Gasteiger charge is -2.07. The molecule has 0 amide bonds. The van der Waals surface area contributed by atoms with Crippen molar-refractivity contribution >= 4 is 10.8 Å². The average molecular weight is 281 g/mol. The number of nitrogens with one attached hydrogen (secondary N) is 1. The first-order chi connectivity index (χ1) is 10.3. The fraction of sp³-hybridized carbons (Fsp3) is 0.222. The summed E-state index contributed by atoms with van der Waals surface area (Å²) in [6, 6.07) is 16.4. The second-order valence-electron chi connectivity index (χ2n) is 5.09. The van der Waals surface area contributed by atoms with Crippen LogP contribution in [0.4, 0.5) is 0 Å². The zero-order valence-corrected chi connectivity index (χ0v) is 12.3. The van der Waals surface area contributed by atoms with Crippen molar-refractivity contribution < 1.29 is 9.15 Å². The molecule has 0 saturated heterocycles. The van der Waals surface area contributed by atoms with Crippen molar-refractivity contribution in [3.63, 3.8) is 0 Å². The van der Waals surface area contributed by atoms with Gasteiger partial charge in [-0.1, -0.05) is 36.4 Å². The van der Waals surface area contributed by atoms with Crippen molar-refractivity contribution in [3.8, 4) is 5.75 Å². The maximum Gasteiger partial charge on any atom is 0.146 e. The van der Waals surface area contributed by atoms with Crippen molar-refractivity contribution in [3.05, 3.63) is 65.6 Å². The van der Waals surface area contributed by atoms with Crippen LogP contribution in [0.3, 0.4) is 0 Å². The molecule has 0 unspecified atom stereocenters. The van der Waals surface area contributed by atoms with Gasteiger partial charge in [0, 0.05) is 17.5 Å². The monoisotopic (exact) mass is 281 g/mol. The van der Waals surface area contributed by atoms with Gasteiger partial charge in [0.05, 0.1) is 0 Å². The maximum absolute atomic E-state index is 5.94. The Morgan fingerprint density at radius 1 is 1.10 bits per heavy atom. The van der Waals surface area contributed by atoms with E-state index in [2.05, 4.69) is 29.6 Å². The molecule has 3 heteroatoms. The molecule has 3 nitrogen and oxygen atoms in total. The predicted octanol–water partition coefficient (Wildman–Crippen LogP) is 4.04. The van der Waals surface area contributed by atoms with Crippen molar-refractivity contribution in [1.82, 2.24) is 5.32 Å². The molecule has 3 aromatic rings. The van der Waals surface area contributed by atoms with E-state index in [1.165, 1.54) is 10.9 Å². The average Bonchev–Trinajstić information content (AvgIpc) is 2.86. The van der Waals surface area contributed by atoms with Gasteiger partial charge < -0.3 is 14.5 Å². The molecule has 0 saturated carbocycles. The highest BCUT2D eigenvalue weighted by molar-refractivity contribution is 5.88. The lowest BCUT2D eigenvalue weighted by molar-refractivity contribution is 0.270. The number of benzene rings is 2. The molecule has 1 heterocycles. The standard InChI is InChI=1S/C18H19NO2/c1-13-15(11-19-2)10-16(21-13)12-20-18-9-5-7-14-6-3-4-8-17(14)18/h3-10,19H,11-12H2,1-2H3. The van der Waals surface area contributed by atoms with Crippen LogP contribution in [0.25, 0.3) is 10.8 Å². The number of fused-ring (bicyclic) bond motifs is 1. The van der Waals surface area contributed by atoms with Gasteiger partial charge in [0.2, 0.25) is 0 Å². The molecule has 0 spiro atoms. The van der Waals surface area contributed by atoms with Crippen LogP contribution in [-0.4, -0.2) is 7.05 Å². The van der Waals surface area contributed by atoms with Crippen LogP contribution in [0.1, 0.15) is 17.1 Å². The maximum atomic E-state index is 5.94. The molecule has 0 aliphatic carbocycles. The first kappa shape index (κ1) is 13.7. The van der Waals surface area contributed by atoms with Crippen LogP contribution in [-0.2, 0) is 13.2 Å². The summed E-state index contributed by atoms with van der Waals surface area (Å²) in [4.78, 5) is 0. The third-order valence-corrected chi connectivity index (χ3v) is 3.56. The molecule has 0 aliphatic heterocycles. The number of ether oxygens (including phenoxy) is 1. The van der Waals surface area contributed by atoms with E-state index in [0.717, 1.165) is 29.2 Å². The molecular weight excluding hydrogens is 262 g/mol. The van der Waals surface area contributed by atoms with Gasteiger partial charge in [0.1, 0.15) is 23.9 Å². The Balaban J connectivity index is 1.79. The minimum Gasteiger partial charge on any atom is -0.485 e. The van der Waals surface area contributed by atoms with Crippen molar-refractivity contribution in [2.24, 2.45) is 0 Å². The molecular formula is C18H19NO2. The van der Waals surface area contributed by atoms with E-state index in [1.54, 1.807) is 0 Å². The highest BCUT2D eigenvalue weighted by atomic mass is 16.5. The molecule has 21 heavy (non-hydrogen) atoms. The van der Waals surface area contributed by atoms with Crippen molar-refractivity contribution in [1.29, 1.82) is 0 Å². The number of hydrogen-bond acceptors (Lipinski definition) is 3. The van der Waals surface area contributed by atoms with E-state index >= 15 is 0 Å². The summed E-state index contributed by atoms with van der Waals surface area (Å²) < 4.78 is 11.7. The van der Waals surface area contributed by atoms with E-state index in [4.69, 9.17) is 9.15 Å². The predicted molar refractivity (Wildman–Crippen MR) is 84.5 cm³/mol. The number of aryl methyl sites for hydroxylation is 1. The minimum absolute atomic E-state index is 0.443. The largest absolute Gasteiger partial charge is 0.485 e. The zero-order chi connectivity index (χ0) is 14.7. The molecule has 3 rings (SSSR count). The Hall–Kier alpha value is -2.26. The fourth-order valence-corrected chi connectivity index (χ4v) is 2.50. The van der Waals surface area contributed by atoms with Crippen molar-refractivity contribution in [2.75, 3.05) is 7.05 Å². The van der Waals surface area contributed by atoms with Gasteiger partial charge in [-0.2, -0.15) is 0 Å².